The Morgan fingerprint density at radius 1 is 0.867 bits per heavy atom. The van der Waals surface area contributed by atoms with E-state index in [1.165, 1.54) is 11.1 Å². The monoisotopic (exact) mass is 443 g/mol. The molecule has 2 aliphatic heterocycles. The Labute approximate surface area is 170 Å². The zero-order valence-electron chi connectivity index (χ0n) is 15.2. The van der Waals surface area contributed by atoms with E-state index < -0.39 is 51.9 Å². The van der Waals surface area contributed by atoms with Gasteiger partial charge in [0.2, 0.25) is 40.8 Å². The van der Waals surface area contributed by atoms with Crippen molar-refractivity contribution in [1.29, 1.82) is 0 Å². The van der Waals surface area contributed by atoms with Gasteiger partial charge in [0.05, 0.1) is 0 Å². The summed E-state index contributed by atoms with van der Waals surface area (Å²) >= 11 is -1.23. The Kier molecular flexibility index (Phi) is 5.52. The summed E-state index contributed by atoms with van der Waals surface area (Å²) in [7, 11) is 0. The molecule has 0 aliphatic carbocycles. The molecule has 1 unspecified atom stereocenters. The molecule has 2 heterocycles. The van der Waals surface area contributed by atoms with E-state index in [2.05, 4.69) is 13.8 Å². The Bertz CT molecular complexity index is 1060. The Morgan fingerprint density at radius 2 is 1.40 bits per heavy atom. The fourth-order valence-electron chi connectivity index (χ4n) is 3.05. The van der Waals surface area contributed by atoms with Crippen molar-refractivity contribution in [3.63, 3.8) is 0 Å². The van der Waals surface area contributed by atoms with Crippen LogP contribution in [0.3, 0.4) is 0 Å². The molecule has 0 amide bonds. The maximum Gasteiger partial charge on any atom is 0.334 e. The molecule has 2 aromatic carbocycles. The number of aliphatic imine (C=N–C) groups is 1. The Hall–Kier alpha value is -2.86. The van der Waals surface area contributed by atoms with Crippen molar-refractivity contribution in [3.05, 3.63) is 64.5 Å². The molecule has 2 aliphatic rings. The predicted molar refractivity (Wildman–Crippen MR) is 101 cm³/mol. The van der Waals surface area contributed by atoms with Crippen LogP contribution in [0.25, 0.3) is 0 Å². The molecule has 2 aromatic rings. The molecule has 30 heavy (non-hydrogen) atoms. The molecule has 0 spiro atoms. The first kappa shape index (κ1) is 20.4. The van der Waals surface area contributed by atoms with Gasteiger partial charge >= 0.3 is 6.02 Å². The maximum atomic E-state index is 13.9. The molecule has 6 nitrogen and oxygen atoms in total. The van der Waals surface area contributed by atoms with Crippen molar-refractivity contribution >= 4 is 23.0 Å². The molecular weight excluding hydrogens is 429 g/mol. The fourth-order valence-corrected chi connectivity index (χ4v) is 4.25. The average Bonchev–Trinajstić information content (AvgIpc) is 2.96. The molecule has 0 bridgehead atoms. The summed E-state index contributed by atoms with van der Waals surface area (Å²) < 4.78 is 82.7. The molecule has 0 saturated carbocycles. The minimum Gasteiger partial charge on any atom is -0.417 e. The average molecular weight is 443 g/mol. The van der Waals surface area contributed by atoms with E-state index in [1.54, 1.807) is 0 Å². The van der Waals surface area contributed by atoms with Gasteiger partial charge in [-0.2, -0.15) is 18.2 Å². The van der Waals surface area contributed by atoms with Crippen LogP contribution in [0.1, 0.15) is 11.1 Å². The zero-order chi connectivity index (χ0) is 21.4. The third-order valence-corrected chi connectivity index (χ3v) is 6.02. The number of hydrogen-bond acceptors (Lipinski definition) is 6. The highest BCUT2D eigenvalue weighted by Crippen LogP contribution is 2.30. The lowest BCUT2D eigenvalue weighted by Gasteiger charge is -2.21. The Balaban J connectivity index is 1.61. The van der Waals surface area contributed by atoms with Crippen molar-refractivity contribution in [3.8, 4) is 5.75 Å². The maximum absolute atomic E-state index is 13.9. The minimum absolute atomic E-state index is 0.283. The first-order chi connectivity index (χ1) is 14.3. The summed E-state index contributed by atoms with van der Waals surface area (Å²) in [5, 5.41) is 0. The van der Waals surface area contributed by atoms with Gasteiger partial charge in [-0.15, -0.1) is 4.36 Å². The Morgan fingerprint density at radius 3 is 1.97 bits per heavy atom. The lowest BCUT2D eigenvalue weighted by molar-refractivity contribution is 0.344. The van der Waals surface area contributed by atoms with Crippen LogP contribution < -0.4 is 10.5 Å². The summed E-state index contributed by atoms with van der Waals surface area (Å²) in [5.41, 5.74) is 8.03. The summed E-state index contributed by atoms with van der Waals surface area (Å²) in [6.07, 6.45) is 1.44. The summed E-state index contributed by atoms with van der Waals surface area (Å²) in [6.45, 7) is 1.13. The third-order valence-electron chi connectivity index (χ3n) is 4.52. The molecule has 158 valence electrons. The van der Waals surface area contributed by atoms with Crippen molar-refractivity contribution in [2.45, 2.75) is 12.8 Å². The number of rotatable bonds is 2. The van der Waals surface area contributed by atoms with Gasteiger partial charge in [-0.25, -0.2) is 17.5 Å². The van der Waals surface area contributed by atoms with Gasteiger partial charge in [-0.3, -0.25) is 0 Å². The van der Waals surface area contributed by atoms with Crippen molar-refractivity contribution in [1.82, 2.24) is 4.31 Å². The van der Waals surface area contributed by atoms with Gasteiger partial charge in [0, 0.05) is 13.1 Å². The lowest BCUT2D eigenvalue weighted by atomic mass is 10.0. The quantitative estimate of drug-likeness (QED) is 0.440. The highest BCUT2D eigenvalue weighted by atomic mass is 32.2. The van der Waals surface area contributed by atoms with Gasteiger partial charge < -0.3 is 10.5 Å². The normalized spacial score (nSPS) is 19.3. The van der Waals surface area contributed by atoms with E-state index >= 15 is 0 Å². The topological polar surface area (TPSA) is 75.6 Å². The summed E-state index contributed by atoms with van der Waals surface area (Å²) in [5.74, 6) is -12.6. The van der Waals surface area contributed by atoms with Crippen LogP contribution in [0.15, 0.2) is 38.0 Å². The van der Waals surface area contributed by atoms with Crippen LogP contribution in [0.2, 0.25) is 0 Å². The zero-order valence-corrected chi connectivity index (χ0v) is 16.0. The third kappa shape index (κ3) is 3.79. The van der Waals surface area contributed by atoms with E-state index in [4.69, 9.17) is 10.5 Å². The number of guanidine groups is 1. The number of amidine groups is 1. The van der Waals surface area contributed by atoms with E-state index in [0.717, 1.165) is 12.8 Å². The molecule has 2 N–H and O–H groups in total. The lowest BCUT2D eigenvalue weighted by Crippen LogP contribution is -2.32. The van der Waals surface area contributed by atoms with Gasteiger partial charge in [0.25, 0.3) is 0 Å². The number of nitrogens with zero attached hydrogens (tertiary/aromatic N) is 4. The second kappa shape index (κ2) is 8.11. The van der Waals surface area contributed by atoms with E-state index in [9.17, 15) is 22.0 Å². The summed E-state index contributed by atoms with van der Waals surface area (Å²) in [6, 6.07) is 7.30. The van der Waals surface area contributed by atoms with Gasteiger partial charge in [0.1, 0.15) is 11.1 Å². The van der Waals surface area contributed by atoms with Gasteiger partial charge in [-0.1, -0.05) is 24.3 Å². The number of ether oxygens (including phenoxy) is 1. The van der Waals surface area contributed by atoms with Crippen LogP contribution in [0.4, 0.5) is 22.0 Å². The van der Waals surface area contributed by atoms with E-state index in [-0.39, 0.29) is 5.96 Å². The van der Waals surface area contributed by atoms with E-state index in [1.807, 2.05) is 28.6 Å². The van der Waals surface area contributed by atoms with Crippen LogP contribution in [0.5, 0.6) is 5.75 Å². The van der Waals surface area contributed by atoms with Crippen LogP contribution in [-0.4, -0.2) is 29.4 Å². The molecule has 12 heteroatoms. The molecule has 1 atom stereocenters. The van der Waals surface area contributed by atoms with Gasteiger partial charge in [-0.05, 0) is 24.0 Å². The van der Waals surface area contributed by atoms with Crippen molar-refractivity contribution < 1.29 is 26.7 Å². The predicted octanol–water partition coefficient (Wildman–Crippen LogP) is 3.18. The van der Waals surface area contributed by atoms with Crippen molar-refractivity contribution in [2.75, 3.05) is 13.1 Å². The van der Waals surface area contributed by atoms with Crippen LogP contribution in [-0.2, 0) is 23.9 Å². The number of halogens is 5. The standard InChI is InChI=1S/C18H14F5N5OS/c19-11-12(20)14(22)16(15(23)13(11)21)29-18-25-17(24)26-30(27-18)28-7-5-9-3-1-2-4-10(9)6-8-28/h1-4H,5-8H2,(H2,24,25,26,27). The largest absolute Gasteiger partial charge is 0.417 e. The van der Waals surface area contributed by atoms with Gasteiger partial charge in [0.15, 0.2) is 0 Å². The molecule has 0 radical (unpaired) electrons. The first-order valence-corrected chi connectivity index (χ1v) is 9.85. The SMILES string of the molecule is NC1=NS(N2CCc3ccccc3CC2)=NC(Oc2c(F)c(F)c(F)c(F)c2F)=N1. The smallest absolute Gasteiger partial charge is 0.334 e. The van der Waals surface area contributed by atoms with Crippen LogP contribution in [0, 0.1) is 29.1 Å². The van der Waals surface area contributed by atoms with E-state index in [0.29, 0.717) is 13.1 Å². The number of nitrogens with two attached hydrogens (primary N) is 1. The second-order valence-corrected chi connectivity index (χ2v) is 7.75. The van der Waals surface area contributed by atoms with Crippen molar-refractivity contribution in [2.24, 2.45) is 19.5 Å². The highest BCUT2D eigenvalue weighted by molar-refractivity contribution is 7.84. The number of benzene rings is 2. The molecular formula is C18H14F5N5OS. The first-order valence-electron chi connectivity index (χ1n) is 8.75. The number of hydrogen-bond donors (Lipinski definition) is 1. The number of fused-ring (bicyclic) bond motifs is 1. The fraction of sp³-hybridized carbons (Fsp3) is 0.222. The summed E-state index contributed by atoms with van der Waals surface area (Å²) in [4.78, 5) is 3.61. The highest BCUT2D eigenvalue weighted by Gasteiger charge is 2.29. The molecule has 0 aromatic heterocycles. The minimum atomic E-state index is -2.29. The second-order valence-electron chi connectivity index (χ2n) is 6.38. The molecule has 4 rings (SSSR count). The molecule has 0 fully saturated rings. The molecule has 0 saturated heterocycles. The van der Waals surface area contributed by atoms with Crippen LogP contribution >= 0.6 is 0 Å².